The number of carbonyl (C=O) groups is 4. The summed E-state index contributed by atoms with van der Waals surface area (Å²) >= 11 is 0. The zero-order valence-electron chi connectivity index (χ0n) is 23.4. The largest absolute Gasteiger partial charge is 0.494 e. The number of fused-ring (bicyclic) bond motifs is 1. The summed E-state index contributed by atoms with van der Waals surface area (Å²) in [5.41, 5.74) is 0.615. The van der Waals surface area contributed by atoms with Gasteiger partial charge in [0.05, 0.1) is 37.6 Å². The van der Waals surface area contributed by atoms with Crippen molar-refractivity contribution < 1.29 is 52.3 Å². The van der Waals surface area contributed by atoms with Crippen molar-refractivity contribution in [1.29, 1.82) is 0 Å². The Morgan fingerprint density at radius 1 is 0.762 bits per heavy atom. The maximum Gasteiger partial charge on any atom is 0.343 e. The predicted octanol–water partition coefficient (Wildman–Crippen LogP) is 3.83. The molecule has 11 nitrogen and oxygen atoms in total. The number of unbranched alkanes of at least 4 members (excludes halogenated alkanes) is 3. The maximum atomic E-state index is 12.7. The van der Waals surface area contributed by atoms with E-state index in [4.69, 9.17) is 33.2 Å². The Kier molecular flexibility index (Phi) is 11.1. The van der Waals surface area contributed by atoms with E-state index < -0.39 is 48.3 Å². The second kappa shape index (κ2) is 15.1. The second-order valence-corrected chi connectivity index (χ2v) is 9.76. The van der Waals surface area contributed by atoms with Gasteiger partial charge in [-0.1, -0.05) is 6.58 Å². The van der Waals surface area contributed by atoms with E-state index in [0.717, 1.165) is 31.8 Å². The van der Waals surface area contributed by atoms with Gasteiger partial charge in [0, 0.05) is 13.0 Å². The van der Waals surface area contributed by atoms with E-state index in [2.05, 4.69) is 6.58 Å². The fraction of sp³-hybridized carbons (Fsp3) is 0.419. The third kappa shape index (κ3) is 8.64. The molecule has 2 heterocycles. The van der Waals surface area contributed by atoms with Crippen molar-refractivity contribution in [2.24, 2.45) is 0 Å². The lowest BCUT2D eigenvalue weighted by Gasteiger charge is -2.17. The molecule has 4 rings (SSSR count). The molecule has 2 aromatic rings. The number of benzene rings is 2. The van der Waals surface area contributed by atoms with Gasteiger partial charge < -0.3 is 33.2 Å². The molecule has 11 heteroatoms. The van der Waals surface area contributed by atoms with Crippen LogP contribution in [0.15, 0.2) is 61.2 Å². The number of hydrogen-bond acceptors (Lipinski definition) is 11. The summed E-state index contributed by atoms with van der Waals surface area (Å²) in [5, 5.41) is 0. The Bertz CT molecular complexity index is 1240. The minimum absolute atomic E-state index is 0.134. The van der Waals surface area contributed by atoms with Crippen molar-refractivity contribution in [1.82, 2.24) is 0 Å². The topological polar surface area (TPSA) is 133 Å². The zero-order valence-corrected chi connectivity index (χ0v) is 23.4. The van der Waals surface area contributed by atoms with Crippen LogP contribution in [0.5, 0.6) is 11.5 Å². The van der Waals surface area contributed by atoms with Crippen LogP contribution in [0.1, 0.15) is 53.3 Å². The third-order valence-corrected chi connectivity index (χ3v) is 6.65. The highest BCUT2D eigenvalue weighted by Crippen LogP contribution is 2.31. The fourth-order valence-corrected chi connectivity index (χ4v) is 4.54. The van der Waals surface area contributed by atoms with Crippen LogP contribution >= 0.6 is 0 Å². The highest BCUT2D eigenvalue weighted by molar-refractivity contribution is 5.92. The summed E-state index contributed by atoms with van der Waals surface area (Å²) in [6.07, 6.45) is 2.50. The normalized spacial score (nSPS) is 20.7. The van der Waals surface area contributed by atoms with Crippen LogP contribution in [0.2, 0.25) is 0 Å². The Hall–Kier alpha value is -4.22. The van der Waals surface area contributed by atoms with Gasteiger partial charge in [0.2, 0.25) is 0 Å². The molecule has 2 aromatic carbocycles. The number of carbonyl (C=O) groups excluding carboxylic acids is 4. The first kappa shape index (κ1) is 30.7. The molecule has 0 bridgehead atoms. The van der Waals surface area contributed by atoms with Crippen molar-refractivity contribution in [2.75, 3.05) is 26.4 Å². The molecule has 0 N–H and O–H groups in total. The third-order valence-electron chi connectivity index (χ3n) is 6.65. The van der Waals surface area contributed by atoms with E-state index in [1.807, 2.05) is 0 Å². The second-order valence-electron chi connectivity index (χ2n) is 9.76. The molecule has 224 valence electrons. The first-order valence-electron chi connectivity index (χ1n) is 13.8. The average Bonchev–Trinajstić information content (AvgIpc) is 3.57. The van der Waals surface area contributed by atoms with Crippen LogP contribution in [0.3, 0.4) is 0 Å². The maximum absolute atomic E-state index is 12.7. The monoisotopic (exact) mass is 582 g/mol. The summed E-state index contributed by atoms with van der Waals surface area (Å²) in [6, 6.07) is 12.6. The highest BCUT2D eigenvalue weighted by atomic mass is 16.7. The lowest BCUT2D eigenvalue weighted by atomic mass is 10.1. The van der Waals surface area contributed by atoms with E-state index in [9.17, 15) is 19.2 Å². The van der Waals surface area contributed by atoms with E-state index in [0.29, 0.717) is 24.5 Å². The Labute approximate surface area is 243 Å². The molecule has 0 spiro atoms. The standard InChI is InChI=1S/C31H34O11/c1-3-27(33)37-17-7-5-4-6-16-36-23-12-8-21(9-13-23)30(34)41-24-14-10-22(11-15-24)31(35)42-26-19-39-28-25(40-20(2)32)18-38-29(26)28/h3,8-15,25-26,28-29H,1,4-7,16-19H2,2H3/t25-,26-,28?,29?/m0/s1. The van der Waals surface area contributed by atoms with Crippen molar-refractivity contribution in [3.05, 3.63) is 72.3 Å². The van der Waals surface area contributed by atoms with Crippen LogP contribution in [-0.4, -0.2) is 74.7 Å². The lowest BCUT2D eigenvalue weighted by molar-refractivity contribution is -0.151. The number of esters is 4. The average molecular weight is 583 g/mol. The smallest absolute Gasteiger partial charge is 0.343 e. The van der Waals surface area contributed by atoms with E-state index in [1.54, 1.807) is 24.3 Å². The lowest BCUT2D eigenvalue weighted by Crippen LogP contribution is -2.35. The van der Waals surface area contributed by atoms with Gasteiger partial charge >= 0.3 is 23.9 Å². The molecule has 4 atom stereocenters. The highest BCUT2D eigenvalue weighted by Gasteiger charge is 2.51. The van der Waals surface area contributed by atoms with Gasteiger partial charge in [-0.2, -0.15) is 0 Å². The number of rotatable bonds is 14. The van der Waals surface area contributed by atoms with Crippen LogP contribution < -0.4 is 9.47 Å². The summed E-state index contributed by atoms with van der Waals surface area (Å²) in [4.78, 5) is 47.5. The van der Waals surface area contributed by atoms with Crippen molar-refractivity contribution in [3.63, 3.8) is 0 Å². The van der Waals surface area contributed by atoms with Gasteiger partial charge in [0.1, 0.15) is 23.7 Å². The van der Waals surface area contributed by atoms with Crippen molar-refractivity contribution in [3.8, 4) is 11.5 Å². The number of ether oxygens (including phenoxy) is 7. The molecule has 0 radical (unpaired) electrons. The van der Waals surface area contributed by atoms with Gasteiger partial charge in [-0.05, 0) is 74.2 Å². The van der Waals surface area contributed by atoms with Crippen molar-refractivity contribution in [2.45, 2.75) is 57.0 Å². The van der Waals surface area contributed by atoms with Gasteiger partial charge in [-0.15, -0.1) is 0 Å². The molecule has 42 heavy (non-hydrogen) atoms. The molecule has 0 saturated carbocycles. The van der Waals surface area contributed by atoms with E-state index in [-0.39, 0.29) is 24.5 Å². The number of hydrogen-bond donors (Lipinski definition) is 0. The molecule has 2 fully saturated rings. The van der Waals surface area contributed by atoms with Gasteiger partial charge in [0.15, 0.2) is 12.2 Å². The first-order chi connectivity index (χ1) is 20.3. The fourth-order valence-electron chi connectivity index (χ4n) is 4.54. The molecule has 0 aliphatic carbocycles. The van der Waals surface area contributed by atoms with Crippen molar-refractivity contribution >= 4 is 23.9 Å². The summed E-state index contributed by atoms with van der Waals surface area (Å²) in [6.45, 7) is 5.89. The molecule has 2 aliphatic heterocycles. The Morgan fingerprint density at radius 2 is 1.31 bits per heavy atom. The van der Waals surface area contributed by atoms with Gasteiger partial charge in [0.25, 0.3) is 0 Å². The summed E-state index contributed by atoms with van der Waals surface area (Å²) in [5.74, 6) is -1.06. The predicted molar refractivity (Wildman–Crippen MR) is 147 cm³/mol. The Balaban J connectivity index is 1.16. The minimum atomic E-state index is -0.631. The van der Waals surface area contributed by atoms with Crippen LogP contribution in [0, 0.1) is 0 Å². The Morgan fingerprint density at radius 3 is 1.90 bits per heavy atom. The van der Waals surface area contributed by atoms with E-state index >= 15 is 0 Å². The zero-order chi connectivity index (χ0) is 29.9. The minimum Gasteiger partial charge on any atom is -0.494 e. The first-order valence-corrected chi connectivity index (χ1v) is 13.8. The summed E-state index contributed by atoms with van der Waals surface area (Å²) in [7, 11) is 0. The quantitative estimate of drug-likeness (QED) is 0.106. The molecular formula is C31H34O11. The molecule has 2 aliphatic rings. The summed E-state index contributed by atoms with van der Waals surface area (Å²) < 4.78 is 38.1. The van der Waals surface area contributed by atoms with Crippen LogP contribution in [0.4, 0.5) is 0 Å². The molecular weight excluding hydrogens is 548 g/mol. The molecule has 2 saturated heterocycles. The van der Waals surface area contributed by atoms with Gasteiger partial charge in [-0.25, -0.2) is 14.4 Å². The molecule has 0 amide bonds. The van der Waals surface area contributed by atoms with Crippen LogP contribution in [0.25, 0.3) is 0 Å². The van der Waals surface area contributed by atoms with E-state index in [1.165, 1.54) is 31.2 Å². The van der Waals surface area contributed by atoms with Crippen LogP contribution in [-0.2, 0) is 33.3 Å². The SMILES string of the molecule is C=CC(=O)OCCCCCCOc1ccc(C(=O)Oc2ccc(C(=O)O[C@H]3COC4C3OC[C@@H]4OC(C)=O)cc2)cc1. The molecule has 2 unspecified atom stereocenters. The molecule has 0 aromatic heterocycles. The van der Waals surface area contributed by atoms with Gasteiger partial charge in [-0.3, -0.25) is 4.79 Å².